The minimum atomic E-state index is -1.39. The molecule has 0 aliphatic rings. The van der Waals surface area contributed by atoms with E-state index in [1.807, 2.05) is 18.2 Å². The van der Waals surface area contributed by atoms with Crippen molar-refractivity contribution in [3.05, 3.63) is 29.8 Å². The molecule has 1 aromatic rings. The van der Waals surface area contributed by atoms with Crippen LogP contribution in [0.1, 0.15) is 5.56 Å². The number of rotatable bonds is 2. The molecule has 0 spiro atoms. The Bertz CT molecular complexity index is 277. The summed E-state index contributed by atoms with van der Waals surface area (Å²) in [4.78, 5) is 0.656. The Morgan fingerprint density at radius 2 is 2.27 bits per heavy atom. The highest BCUT2D eigenvalue weighted by atomic mass is 79.9. The first kappa shape index (κ1) is 9.23. The van der Waals surface area contributed by atoms with Crippen LogP contribution in [0.25, 0.3) is 0 Å². The molecule has 0 radical (unpaired) electrons. The number of alkyl halides is 1. The van der Waals surface area contributed by atoms with Crippen molar-refractivity contribution in [2.75, 3.05) is 0 Å². The summed E-state index contributed by atoms with van der Waals surface area (Å²) in [6.45, 7) is 0. The maximum absolute atomic E-state index is 10.8. The van der Waals surface area contributed by atoms with Crippen molar-refractivity contribution in [3.8, 4) is 0 Å². The van der Waals surface area contributed by atoms with Crippen LogP contribution in [0.2, 0.25) is 0 Å². The van der Waals surface area contributed by atoms with Crippen molar-refractivity contribution >= 4 is 36.6 Å². The van der Waals surface area contributed by atoms with Gasteiger partial charge < -0.3 is 0 Å². The van der Waals surface area contributed by atoms with Crippen LogP contribution in [0.15, 0.2) is 29.2 Å². The SMILES string of the molecule is O=S(Cl)c1cccc(CBr)c1. The van der Waals surface area contributed by atoms with E-state index < -0.39 is 10.0 Å². The second-order valence-electron chi connectivity index (χ2n) is 2.00. The molecule has 0 aliphatic carbocycles. The zero-order valence-corrected chi connectivity index (χ0v) is 8.75. The van der Waals surface area contributed by atoms with E-state index in [0.29, 0.717) is 4.90 Å². The van der Waals surface area contributed by atoms with E-state index in [-0.39, 0.29) is 0 Å². The highest BCUT2D eigenvalue weighted by Crippen LogP contribution is 2.13. The van der Waals surface area contributed by atoms with Gasteiger partial charge in [-0.1, -0.05) is 28.1 Å². The van der Waals surface area contributed by atoms with Crippen molar-refractivity contribution in [3.63, 3.8) is 0 Å². The third-order valence-corrected chi connectivity index (χ3v) is 3.04. The predicted octanol–water partition coefficient (Wildman–Crippen LogP) is 2.84. The van der Waals surface area contributed by atoms with Gasteiger partial charge in [0.1, 0.15) is 10.0 Å². The molecule has 0 heterocycles. The van der Waals surface area contributed by atoms with Gasteiger partial charge in [0, 0.05) is 5.33 Å². The summed E-state index contributed by atoms with van der Waals surface area (Å²) in [5.74, 6) is 0. The number of hydrogen-bond acceptors (Lipinski definition) is 1. The summed E-state index contributed by atoms with van der Waals surface area (Å²) in [6.07, 6.45) is 0. The Morgan fingerprint density at radius 3 is 2.82 bits per heavy atom. The Morgan fingerprint density at radius 1 is 1.55 bits per heavy atom. The molecular formula is C7H6BrClOS. The van der Waals surface area contributed by atoms with E-state index in [0.717, 1.165) is 10.9 Å². The fraction of sp³-hybridized carbons (Fsp3) is 0.143. The third-order valence-electron chi connectivity index (χ3n) is 1.24. The predicted molar refractivity (Wildman–Crippen MR) is 51.3 cm³/mol. The lowest BCUT2D eigenvalue weighted by atomic mass is 10.2. The van der Waals surface area contributed by atoms with Crippen molar-refractivity contribution < 1.29 is 4.21 Å². The van der Waals surface area contributed by atoms with Gasteiger partial charge in [0.15, 0.2) is 0 Å². The maximum atomic E-state index is 10.8. The number of hydrogen-bond donors (Lipinski definition) is 0. The molecule has 1 unspecified atom stereocenters. The fourth-order valence-corrected chi connectivity index (χ4v) is 1.79. The summed E-state index contributed by atoms with van der Waals surface area (Å²) in [6, 6.07) is 7.35. The zero-order chi connectivity index (χ0) is 8.27. The van der Waals surface area contributed by atoms with Gasteiger partial charge in [0.2, 0.25) is 0 Å². The second kappa shape index (κ2) is 4.24. The van der Waals surface area contributed by atoms with Crippen LogP contribution >= 0.6 is 26.6 Å². The minimum absolute atomic E-state index is 0.656. The van der Waals surface area contributed by atoms with E-state index in [2.05, 4.69) is 15.9 Å². The molecule has 0 saturated heterocycles. The van der Waals surface area contributed by atoms with Gasteiger partial charge in [-0.15, -0.1) is 0 Å². The van der Waals surface area contributed by atoms with Gasteiger partial charge in [-0.2, -0.15) is 0 Å². The fourth-order valence-electron chi connectivity index (χ4n) is 0.728. The standard InChI is InChI=1S/C7H6BrClOS/c8-5-6-2-1-3-7(4-6)11(9)10/h1-4H,5H2. The third kappa shape index (κ3) is 2.58. The van der Waals surface area contributed by atoms with Crippen LogP contribution in [0.4, 0.5) is 0 Å². The van der Waals surface area contributed by atoms with Crippen LogP contribution in [0.5, 0.6) is 0 Å². The van der Waals surface area contributed by atoms with Crippen LogP contribution in [-0.4, -0.2) is 4.21 Å². The molecule has 4 heteroatoms. The molecule has 0 N–H and O–H groups in total. The summed E-state index contributed by atoms with van der Waals surface area (Å²) < 4.78 is 10.8. The average Bonchev–Trinajstić information content (AvgIpc) is 2.05. The second-order valence-corrected chi connectivity index (χ2v) is 4.32. The molecular weight excluding hydrogens is 247 g/mol. The van der Waals surface area contributed by atoms with E-state index in [1.165, 1.54) is 0 Å². The largest absolute Gasteiger partial charge is 0.237 e. The van der Waals surface area contributed by atoms with Crippen LogP contribution in [-0.2, 0) is 15.3 Å². The maximum Gasteiger partial charge on any atom is 0.147 e. The molecule has 0 bridgehead atoms. The molecule has 60 valence electrons. The first-order valence-electron chi connectivity index (χ1n) is 2.97. The highest BCUT2D eigenvalue weighted by Gasteiger charge is 1.98. The van der Waals surface area contributed by atoms with Gasteiger partial charge in [-0.05, 0) is 28.4 Å². The smallest absolute Gasteiger partial charge is 0.147 e. The molecule has 11 heavy (non-hydrogen) atoms. The number of benzene rings is 1. The summed E-state index contributed by atoms with van der Waals surface area (Å²) in [5.41, 5.74) is 1.08. The summed E-state index contributed by atoms with van der Waals surface area (Å²) in [5, 5.41) is 0.759. The quantitative estimate of drug-likeness (QED) is 0.585. The van der Waals surface area contributed by atoms with Gasteiger partial charge in [-0.3, -0.25) is 0 Å². The molecule has 1 rings (SSSR count). The molecule has 0 aliphatic heterocycles. The van der Waals surface area contributed by atoms with E-state index in [4.69, 9.17) is 10.7 Å². The normalized spacial score (nSPS) is 12.9. The Kier molecular flexibility index (Phi) is 3.55. The molecule has 0 aromatic heterocycles. The minimum Gasteiger partial charge on any atom is -0.237 e. The monoisotopic (exact) mass is 252 g/mol. The average molecular weight is 254 g/mol. The molecule has 0 fully saturated rings. The topological polar surface area (TPSA) is 17.1 Å². The zero-order valence-electron chi connectivity index (χ0n) is 5.59. The molecule has 1 atom stereocenters. The van der Waals surface area contributed by atoms with Gasteiger partial charge in [0.25, 0.3) is 0 Å². The highest BCUT2D eigenvalue weighted by molar-refractivity contribution is 9.08. The van der Waals surface area contributed by atoms with E-state index in [1.54, 1.807) is 6.07 Å². The molecule has 1 nitrogen and oxygen atoms in total. The molecule has 0 saturated carbocycles. The van der Waals surface area contributed by atoms with Gasteiger partial charge >= 0.3 is 0 Å². The number of halogens is 2. The van der Waals surface area contributed by atoms with Gasteiger partial charge in [-0.25, -0.2) is 4.21 Å². The molecule has 0 amide bonds. The van der Waals surface area contributed by atoms with Crippen molar-refractivity contribution in [2.24, 2.45) is 0 Å². The summed E-state index contributed by atoms with van der Waals surface area (Å²) >= 11 is 3.30. The van der Waals surface area contributed by atoms with Crippen molar-refractivity contribution in [1.29, 1.82) is 0 Å². The summed E-state index contributed by atoms with van der Waals surface area (Å²) in [7, 11) is 4.00. The lowest BCUT2D eigenvalue weighted by molar-refractivity contribution is 0.691. The van der Waals surface area contributed by atoms with E-state index >= 15 is 0 Å². The molecule has 1 aromatic carbocycles. The van der Waals surface area contributed by atoms with E-state index in [9.17, 15) is 4.21 Å². The lowest BCUT2D eigenvalue weighted by Crippen LogP contribution is -1.83. The van der Waals surface area contributed by atoms with Gasteiger partial charge in [0.05, 0.1) is 4.90 Å². The first-order valence-corrected chi connectivity index (χ1v) is 6.06. The lowest BCUT2D eigenvalue weighted by Gasteiger charge is -1.96. The van der Waals surface area contributed by atoms with Crippen LogP contribution in [0, 0.1) is 0 Å². The van der Waals surface area contributed by atoms with Crippen LogP contribution in [0.3, 0.4) is 0 Å². The first-order chi connectivity index (χ1) is 5.24. The van der Waals surface area contributed by atoms with Crippen LogP contribution < -0.4 is 0 Å². The Labute approximate surface area is 80.8 Å². The van der Waals surface area contributed by atoms with Crippen molar-refractivity contribution in [1.82, 2.24) is 0 Å². The Balaban J connectivity index is 3.01. The van der Waals surface area contributed by atoms with Crippen molar-refractivity contribution in [2.45, 2.75) is 10.2 Å². The Hall–Kier alpha value is 0.140.